The van der Waals surface area contributed by atoms with Crippen molar-refractivity contribution in [2.75, 3.05) is 50.5 Å². The summed E-state index contributed by atoms with van der Waals surface area (Å²) in [5.74, 6) is -2.06. The number of carbonyl (C=O) groups is 3. The lowest BCUT2D eigenvalue weighted by molar-refractivity contribution is -0.143. The number of amides is 3. The maximum atomic E-state index is 13.9. The highest BCUT2D eigenvalue weighted by Gasteiger charge is 2.27. The molecule has 3 amide bonds. The molecule has 1 heterocycles. The maximum absolute atomic E-state index is 13.9. The summed E-state index contributed by atoms with van der Waals surface area (Å²) < 4.78 is 13.9. The zero-order valence-corrected chi connectivity index (χ0v) is 16.4. The molecular formula is C21H23FN4O3. The average Bonchev–Trinajstić information content (AvgIpc) is 2.73. The van der Waals surface area contributed by atoms with E-state index in [1.807, 2.05) is 4.90 Å². The van der Waals surface area contributed by atoms with Crippen molar-refractivity contribution in [2.24, 2.45) is 0 Å². The van der Waals surface area contributed by atoms with E-state index in [9.17, 15) is 18.8 Å². The monoisotopic (exact) mass is 398 g/mol. The minimum Gasteiger partial charge on any atom is -0.366 e. The highest BCUT2D eigenvalue weighted by Crippen LogP contribution is 2.21. The molecule has 0 atom stereocenters. The lowest BCUT2D eigenvalue weighted by Crippen LogP contribution is -2.51. The molecule has 0 unspecified atom stereocenters. The van der Waals surface area contributed by atoms with Crippen LogP contribution in [0.4, 0.5) is 15.8 Å². The van der Waals surface area contributed by atoms with Crippen molar-refractivity contribution in [1.29, 1.82) is 0 Å². The molecule has 0 aromatic heterocycles. The number of carbonyl (C=O) groups excluding carboxylic acids is 3. The SMILES string of the molecule is CN(C)C(=O)c1ccccc1NC(=O)C(=O)N1CCN(c2ccccc2F)CC1. The minimum absolute atomic E-state index is 0.271. The zero-order valence-electron chi connectivity index (χ0n) is 16.4. The molecule has 0 radical (unpaired) electrons. The second kappa shape index (κ2) is 8.72. The van der Waals surface area contributed by atoms with Crippen molar-refractivity contribution in [3.05, 3.63) is 59.9 Å². The quantitative estimate of drug-likeness (QED) is 0.801. The van der Waals surface area contributed by atoms with Gasteiger partial charge in [-0.1, -0.05) is 24.3 Å². The molecule has 2 aromatic rings. The molecule has 0 bridgehead atoms. The minimum atomic E-state index is -0.802. The highest BCUT2D eigenvalue weighted by atomic mass is 19.1. The molecule has 29 heavy (non-hydrogen) atoms. The molecule has 3 rings (SSSR count). The Kier molecular flexibility index (Phi) is 6.11. The van der Waals surface area contributed by atoms with Gasteiger partial charge in [-0.2, -0.15) is 0 Å². The van der Waals surface area contributed by atoms with E-state index >= 15 is 0 Å². The van der Waals surface area contributed by atoms with E-state index < -0.39 is 11.8 Å². The van der Waals surface area contributed by atoms with Crippen molar-refractivity contribution < 1.29 is 18.8 Å². The molecule has 1 saturated heterocycles. The fourth-order valence-corrected chi connectivity index (χ4v) is 3.20. The molecule has 0 aliphatic carbocycles. The van der Waals surface area contributed by atoms with E-state index in [4.69, 9.17) is 0 Å². The first kappa shape index (κ1) is 20.3. The van der Waals surface area contributed by atoms with E-state index in [1.54, 1.807) is 56.6 Å². The third kappa shape index (κ3) is 4.53. The van der Waals surface area contributed by atoms with Crippen molar-refractivity contribution >= 4 is 29.1 Å². The Morgan fingerprint density at radius 2 is 1.55 bits per heavy atom. The number of piperazine rings is 1. The molecule has 1 aliphatic heterocycles. The van der Waals surface area contributed by atoms with Crippen molar-refractivity contribution in [3.8, 4) is 0 Å². The van der Waals surface area contributed by atoms with Crippen LogP contribution in [0.2, 0.25) is 0 Å². The first-order chi connectivity index (χ1) is 13.9. The number of benzene rings is 2. The van der Waals surface area contributed by atoms with E-state index in [0.29, 0.717) is 37.4 Å². The van der Waals surface area contributed by atoms with Gasteiger partial charge in [-0.15, -0.1) is 0 Å². The summed E-state index contributed by atoms with van der Waals surface area (Å²) in [5, 5.41) is 2.54. The maximum Gasteiger partial charge on any atom is 0.313 e. The molecule has 7 nitrogen and oxygen atoms in total. The molecule has 1 N–H and O–H groups in total. The molecule has 0 spiro atoms. The van der Waals surface area contributed by atoms with E-state index in [-0.39, 0.29) is 17.4 Å². The van der Waals surface area contributed by atoms with Gasteiger partial charge in [0.1, 0.15) is 5.82 Å². The fraction of sp³-hybridized carbons (Fsp3) is 0.286. The van der Waals surface area contributed by atoms with Gasteiger partial charge in [-0.3, -0.25) is 14.4 Å². The van der Waals surface area contributed by atoms with Crippen LogP contribution in [0.5, 0.6) is 0 Å². The van der Waals surface area contributed by atoms with Gasteiger partial charge in [0.05, 0.1) is 16.9 Å². The van der Waals surface area contributed by atoms with Crippen LogP contribution in [0.3, 0.4) is 0 Å². The Hall–Kier alpha value is -3.42. The number of hydrogen-bond donors (Lipinski definition) is 1. The molecule has 1 fully saturated rings. The Balaban J connectivity index is 1.63. The number of anilines is 2. The molecule has 152 valence electrons. The number of para-hydroxylation sites is 2. The number of halogens is 1. The third-order valence-electron chi connectivity index (χ3n) is 4.77. The standard InChI is InChI=1S/C21H23FN4O3/c1-24(2)20(28)15-7-3-5-9-17(15)23-19(27)21(29)26-13-11-25(12-14-26)18-10-6-4-8-16(18)22/h3-10H,11-14H2,1-2H3,(H,23,27). The number of nitrogens with one attached hydrogen (secondary N) is 1. The van der Waals surface area contributed by atoms with Crippen LogP contribution in [0, 0.1) is 5.82 Å². The van der Waals surface area contributed by atoms with E-state index in [2.05, 4.69) is 5.32 Å². The zero-order chi connectivity index (χ0) is 21.0. The topological polar surface area (TPSA) is 73.0 Å². The van der Waals surface area contributed by atoms with Gasteiger partial charge >= 0.3 is 11.8 Å². The van der Waals surface area contributed by atoms with Gasteiger partial charge in [0.25, 0.3) is 5.91 Å². The van der Waals surface area contributed by atoms with E-state index in [1.165, 1.54) is 15.9 Å². The molecule has 8 heteroatoms. The molecule has 1 aliphatic rings. The van der Waals surface area contributed by atoms with Crippen molar-refractivity contribution in [2.45, 2.75) is 0 Å². The summed E-state index contributed by atoms with van der Waals surface area (Å²) in [5.41, 5.74) is 1.08. The summed E-state index contributed by atoms with van der Waals surface area (Å²) in [6.07, 6.45) is 0. The fourth-order valence-electron chi connectivity index (χ4n) is 3.20. The van der Waals surface area contributed by atoms with Gasteiger partial charge in [0.2, 0.25) is 0 Å². The second-order valence-electron chi connectivity index (χ2n) is 6.93. The summed E-state index contributed by atoms with van der Waals surface area (Å²) in [6, 6.07) is 13.0. The number of rotatable bonds is 3. The summed E-state index contributed by atoms with van der Waals surface area (Å²) in [4.78, 5) is 42.0. The van der Waals surface area contributed by atoms with Gasteiger partial charge in [0.15, 0.2) is 0 Å². The first-order valence-corrected chi connectivity index (χ1v) is 9.29. The van der Waals surface area contributed by atoms with Crippen LogP contribution >= 0.6 is 0 Å². The van der Waals surface area contributed by atoms with Crippen LogP contribution in [-0.4, -0.2) is 67.8 Å². The van der Waals surface area contributed by atoms with Crippen LogP contribution in [0.15, 0.2) is 48.5 Å². The summed E-state index contributed by atoms with van der Waals surface area (Å²) >= 11 is 0. The van der Waals surface area contributed by atoms with Gasteiger partial charge < -0.3 is 20.0 Å². The van der Waals surface area contributed by atoms with Crippen molar-refractivity contribution in [3.63, 3.8) is 0 Å². The van der Waals surface area contributed by atoms with Gasteiger partial charge in [-0.25, -0.2) is 4.39 Å². The average molecular weight is 398 g/mol. The number of hydrogen-bond acceptors (Lipinski definition) is 4. The Labute approximate surface area is 168 Å². The largest absolute Gasteiger partial charge is 0.366 e. The molecule has 0 saturated carbocycles. The van der Waals surface area contributed by atoms with Crippen molar-refractivity contribution in [1.82, 2.24) is 9.80 Å². The molecule has 2 aromatic carbocycles. The Morgan fingerprint density at radius 3 is 2.21 bits per heavy atom. The van der Waals surface area contributed by atoms with Crippen LogP contribution in [0.25, 0.3) is 0 Å². The van der Waals surface area contributed by atoms with Gasteiger partial charge in [0, 0.05) is 40.3 Å². The van der Waals surface area contributed by atoms with E-state index in [0.717, 1.165) is 0 Å². The predicted molar refractivity (Wildman–Crippen MR) is 108 cm³/mol. The summed E-state index contributed by atoms with van der Waals surface area (Å²) in [6.45, 7) is 1.46. The first-order valence-electron chi connectivity index (χ1n) is 9.29. The Morgan fingerprint density at radius 1 is 0.931 bits per heavy atom. The lowest BCUT2D eigenvalue weighted by Gasteiger charge is -2.35. The smallest absolute Gasteiger partial charge is 0.313 e. The lowest BCUT2D eigenvalue weighted by atomic mass is 10.1. The van der Waals surface area contributed by atoms with Crippen LogP contribution < -0.4 is 10.2 Å². The van der Waals surface area contributed by atoms with Crippen LogP contribution in [-0.2, 0) is 9.59 Å². The predicted octanol–water partition coefficient (Wildman–Crippen LogP) is 1.81. The summed E-state index contributed by atoms with van der Waals surface area (Å²) in [7, 11) is 3.22. The normalized spacial score (nSPS) is 13.8. The second-order valence-corrected chi connectivity index (χ2v) is 6.93. The number of nitrogens with zero attached hydrogens (tertiary/aromatic N) is 3. The van der Waals surface area contributed by atoms with Gasteiger partial charge in [-0.05, 0) is 24.3 Å². The Bertz CT molecular complexity index is 924. The molecular weight excluding hydrogens is 375 g/mol. The third-order valence-corrected chi connectivity index (χ3v) is 4.77. The van der Waals surface area contributed by atoms with Crippen LogP contribution in [0.1, 0.15) is 10.4 Å². The highest BCUT2D eigenvalue weighted by molar-refractivity contribution is 6.40.